The number of amides is 1. The number of nitrogens with one attached hydrogen (secondary N) is 1. The molecule has 0 aliphatic heterocycles. The molecule has 0 spiro atoms. The number of aromatic nitrogens is 1. The van der Waals surface area contributed by atoms with Crippen LogP contribution in [0.1, 0.15) is 34.8 Å². The highest BCUT2D eigenvalue weighted by atomic mass is 19.2. The molecule has 0 fully saturated rings. The van der Waals surface area contributed by atoms with Gasteiger partial charge in [0.2, 0.25) is 11.6 Å². The van der Waals surface area contributed by atoms with Crippen LogP contribution in [0.15, 0.2) is 71.4 Å². The maximum atomic E-state index is 13.7. The molecule has 0 bridgehead atoms. The Kier molecular flexibility index (Phi) is 6.21. The van der Waals surface area contributed by atoms with E-state index in [-0.39, 0.29) is 23.6 Å². The van der Waals surface area contributed by atoms with Crippen molar-refractivity contribution in [2.45, 2.75) is 19.6 Å². The van der Waals surface area contributed by atoms with Crippen molar-refractivity contribution in [1.82, 2.24) is 9.88 Å². The highest BCUT2D eigenvalue weighted by Crippen LogP contribution is 2.27. The number of benzene rings is 2. The minimum absolute atomic E-state index is 0.0346. The van der Waals surface area contributed by atoms with E-state index < -0.39 is 41.5 Å². The summed E-state index contributed by atoms with van der Waals surface area (Å²) in [5.41, 5.74) is 1.84. The molecular weight excluding hydrogens is 440 g/mol. The monoisotopic (exact) mass is 458 g/mol. The molecule has 4 rings (SSSR count). The molecule has 33 heavy (non-hydrogen) atoms. The Morgan fingerprint density at radius 3 is 2.27 bits per heavy atom. The summed E-state index contributed by atoms with van der Waals surface area (Å²) >= 11 is 0. The normalized spacial score (nSPS) is 11.9. The van der Waals surface area contributed by atoms with Crippen LogP contribution in [-0.4, -0.2) is 10.5 Å². The van der Waals surface area contributed by atoms with E-state index in [1.807, 2.05) is 53.4 Å². The Bertz CT molecular complexity index is 1240. The molecule has 1 amide bonds. The number of hydrogen-bond acceptors (Lipinski definition) is 3. The summed E-state index contributed by atoms with van der Waals surface area (Å²) in [6.45, 7) is 1.26. The molecule has 2 heterocycles. The lowest BCUT2D eigenvalue weighted by Gasteiger charge is -2.14. The van der Waals surface area contributed by atoms with Crippen molar-refractivity contribution in [2.75, 3.05) is 0 Å². The highest BCUT2D eigenvalue weighted by Gasteiger charge is 2.21. The first-order valence-corrected chi connectivity index (χ1v) is 9.92. The molecule has 1 N–H and O–H groups in total. The Labute approximate surface area is 186 Å². The second-order valence-corrected chi connectivity index (χ2v) is 7.23. The molecule has 0 aliphatic carbocycles. The molecule has 0 saturated carbocycles. The first-order chi connectivity index (χ1) is 15.8. The lowest BCUT2D eigenvalue weighted by atomic mass is 10.1. The van der Waals surface area contributed by atoms with Gasteiger partial charge in [-0.25, -0.2) is 8.78 Å². The Hall–Kier alpha value is -4.01. The predicted molar refractivity (Wildman–Crippen MR) is 111 cm³/mol. The minimum Gasteiger partial charge on any atom is -0.479 e. The van der Waals surface area contributed by atoms with Gasteiger partial charge in [0, 0.05) is 24.1 Å². The van der Waals surface area contributed by atoms with Gasteiger partial charge in [-0.05, 0) is 48.9 Å². The van der Waals surface area contributed by atoms with Gasteiger partial charge in [-0.15, -0.1) is 0 Å². The van der Waals surface area contributed by atoms with Crippen molar-refractivity contribution < 1.29 is 31.5 Å². The fourth-order valence-electron chi connectivity index (χ4n) is 3.19. The third-order valence-corrected chi connectivity index (χ3v) is 4.96. The van der Waals surface area contributed by atoms with Crippen LogP contribution in [0.5, 0.6) is 5.75 Å². The van der Waals surface area contributed by atoms with Gasteiger partial charge in [0.15, 0.2) is 23.1 Å². The van der Waals surface area contributed by atoms with Gasteiger partial charge in [0.05, 0.1) is 6.04 Å². The van der Waals surface area contributed by atoms with Crippen molar-refractivity contribution in [3.05, 3.63) is 107 Å². The zero-order valence-corrected chi connectivity index (χ0v) is 17.3. The third-order valence-electron chi connectivity index (χ3n) is 4.96. The van der Waals surface area contributed by atoms with Crippen LogP contribution in [0.3, 0.4) is 0 Å². The summed E-state index contributed by atoms with van der Waals surface area (Å²) in [6.07, 6.45) is 3.85. The smallest absolute Gasteiger partial charge is 0.287 e. The molecular formula is C24H18F4N2O3. The number of furan rings is 1. The average molecular weight is 458 g/mol. The fourth-order valence-corrected chi connectivity index (χ4v) is 3.19. The van der Waals surface area contributed by atoms with E-state index in [9.17, 15) is 22.4 Å². The van der Waals surface area contributed by atoms with Crippen LogP contribution < -0.4 is 10.1 Å². The predicted octanol–water partition coefficient (Wildman–Crippen LogP) is 5.70. The van der Waals surface area contributed by atoms with E-state index >= 15 is 0 Å². The number of rotatable bonds is 7. The lowest BCUT2D eigenvalue weighted by molar-refractivity contribution is 0.0907. The van der Waals surface area contributed by atoms with Gasteiger partial charge in [-0.2, -0.15) is 8.78 Å². The van der Waals surface area contributed by atoms with Crippen molar-refractivity contribution in [1.29, 1.82) is 0 Å². The molecule has 1 unspecified atom stereocenters. The molecule has 5 nitrogen and oxygen atoms in total. The Morgan fingerprint density at radius 2 is 1.64 bits per heavy atom. The first kappa shape index (κ1) is 22.2. The van der Waals surface area contributed by atoms with E-state index in [0.29, 0.717) is 0 Å². The van der Waals surface area contributed by atoms with E-state index in [2.05, 4.69) is 5.32 Å². The van der Waals surface area contributed by atoms with E-state index in [0.717, 1.165) is 11.3 Å². The zero-order valence-electron chi connectivity index (χ0n) is 17.3. The van der Waals surface area contributed by atoms with Crippen molar-refractivity contribution >= 4 is 5.91 Å². The second-order valence-electron chi connectivity index (χ2n) is 7.23. The zero-order chi connectivity index (χ0) is 23.5. The first-order valence-electron chi connectivity index (χ1n) is 9.92. The maximum Gasteiger partial charge on any atom is 0.287 e. The standard InChI is InChI=1S/C24H18F4N2O3/c1-14(15-4-6-16(7-5-15)30-10-2-3-11-30)29-24(31)20-9-8-17(33-20)13-32-23-21(27)18(25)12-19(26)22(23)28/h2-12,14H,13H2,1H3,(H,29,31). The summed E-state index contributed by atoms with van der Waals surface area (Å²) in [7, 11) is 0. The van der Waals surface area contributed by atoms with E-state index in [1.165, 1.54) is 12.1 Å². The fraction of sp³-hybridized carbons (Fsp3) is 0.125. The van der Waals surface area contributed by atoms with E-state index in [1.54, 1.807) is 6.92 Å². The van der Waals surface area contributed by atoms with Gasteiger partial charge in [0.1, 0.15) is 12.4 Å². The molecule has 0 saturated heterocycles. The molecule has 170 valence electrons. The van der Waals surface area contributed by atoms with Crippen LogP contribution in [-0.2, 0) is 6.61 Å². The molecule has 1 atom stereocenters. The number of halogens is 4. The van der Waals surface area contributed by atoms with Crippen molar-refractivity contribution in [2.24, 2.45) is 0 Å². The molecule has 4 aromatic rings. The van der Waals surface area contributed by atoms with Crippen LogP contribution in [0.25, 0.3) is 5.69 Å². The minimum atomic E-state index is -1.66. The highest BCUT2D eigenvalue weighted by molar-refractivity contribution is 5.91. The number of nitrogens with zero attached hydrogens (tertiary/aromatic N) is 1. The van der Waals surface area contributed by atoms with Gasteiger partial charge in [-0.3, -0.25) is 4.79 Å². The van der Waals surface area contributed by atoms with Gasteiger partial charge in [0.25, 0.3) is 5.91 Å². The van der Waals surface area contributed by atoms with Gasteiger partial charge < -0.3 is 19.0 Å². The van der Waals surface area contributed by atoms with Crippen LogP contribution in [0.2, 0.25) is 0 Å². The summed E-state index contributed by atoms with van der Waals surface area (Å²) in [5, 5.41) is 2.79. The number of ether oxygens (including phenoxy) is 1. The summed E-state index contributed by atoms with van der Waals surface area (Å²) in [6, 6.07) is 13.9. The lowest BCUT2D eigenvalue weighted by Crippen LogP contribution is -2.26. The second kappa shape index (κ2) is 9.23. The van der Waals surface area contributed by atoms with Gasteiger partial charge in [-0.1, -0.05) is 12.1 Å². The quantitative estimate of drug-likeness (QED) is 0.286. The Morgan fingerprint density at radius 1 is 1.00 bits per heavy atom. The number of hydrogen-bond donors (Lipinski definition) is 1. The number of carbonyl (C=O) groups excluding carboxylic acids is 1. The summed E-state index contributed by atoms with van der Waals surface area (Å²) in [5.74, 6) is -8.23. The van der Waals surface area contributed by atoms with Crippen molar-refractivity contribution in [3.63, 3.8) is 0 Å². The summed E-state index contributed by atoms with van der Waals surface area (Å²) in [4.78, 5) is 12.5. The van der Waals surface area contributed by atoms with Crippen LogP contribution >= 0.6 is 0 Å². The summed E-state index contributed by atoms with van der Waals surface area (Å²) < 4.78 is 66.1. The number of carbonyl (C=O) groups is 1. The average Bonchev–Trinajstić information content (AvgIpc) is 3.50. The maximum absolute atomic E-state index is 13.7. The van der Waals surface area contributed by atoms with Crippen LogP contribution in [0, 0.1) is 23.3 Å². The van der Waals surface area contributed by atoms with Crippen LogP contribution in [0.4, 0.5) is 17.6 Å². The molecule has 0 radical (unpaired) electrons. The topological polar surface area (TPSA) is 56.4 Å². The third kappa shape index (κ3) is 4.77. The molecule has 0 aliphatic rings. The molecule has 2 aromatic heterocycles. The molecule has 2 aromatic carbocycles. The SMILES string of the molecule is CC(NC(=O)c1ccc(COc2c(F)c(F)cc(F)c2F)o1)c1ccc(-n2cccc2)cc1. The largest absolute Gasteiger partial charge is 0.479 e. The van der Waals surface area contributed by atoms with Crippen molar-refractivity contribution in [3.8, 4) is 11.4 Å². The van der Waals surface area contributed by atoms with Gasteiger partial charge >= 0.3 is 0 Å². The van der Waals surface area contributed by atoms with E-state index in [4.69, 9.17) is 9.15 Å². The molecule has 9 heteroatoms. The Balaban J connectivity index is 1.38.